The van der Waals surface area contributed by atoms with Crippen molar-refractivity contribution in [3.8, 4) is 34.5 Å². The van der Waals surface area contributed by atoms with Crippen molar-refractivity contribution in [1.29, 1.82) is 0 Å². The highest BCUT2D eigenvalue weighted by Crippen LogP contribution is 2.42. The van der Waals surface area contributed by atoms with Crippen molar-refractivity contribution < 1.29 is 14.2 Å². The van der Waals surface area contributed by atoms with Crippen molar-refractivity contribution in [3.63, 3.8) is 0 Å². The first-order chi connectivity index (χ1) is 16.4. The fourth-order valence-electron chi connectivity index (χ4n) is 4.41. The van der Waals surface area contributed by atoms with Crippen LogP contribution < -0.4 is 31.0 Å². The van der Waals surface area contributed by atoms with E-state index in [4.69, 9.17) is 19.2 Å². The van der Waals surface area contributed by atoms with Crippen molar-refractivity contribution >= 4 is 21.6 Å². The third-order valence-corrected chi connectivity index (χ3v) is 7.08. The van der Waals surface area contributed by atoms with E-state index in [0.29, 0.717) is 33.0 Å². The molecular formula is C23H22N4O6S. The van der Waals surface area contributed by atoms with Crippen LogP contribution in [-0.4, -0.2) is 40.8 Å². The van der Waals surface area contributed by atoms with E-state index in [1.165, 1.54) is 37.2 Å². The van der Waals surface area contributed by atoms with E-state index >= 15 is 0 Å². The minimum atomic E-state index is -0.724. The first-order valence-corrected chi connectivity index (χ1v) is 11.5. The number of aryl methyl sites for hydroxylation is 2. The van der Waals surface area contributed by atoms with Gasteiger partial charge in [0.1, 0.15) is 10.6 Å². The van der Waals surface area contributed by atoms with Crippen LogP contribution in [0, 0.1) is 0 Å². The van der Waals surface area contributed by atoms with Crippen LogP contribution in [0.5, 0.6) is 17.2 Å². The van der Waals surface area contributed by atoms with Crippen LogP contribution in [0.3, 0.4) is 0 Å². The van der Waals surface area contributed by atoms with Gasteiger partial charge in [-0.3, -0.25) is 19.6 Å². The molecule has 3 heterocycles. The molecule has 5 rings (SSSR count). The molecule has 1 aliphatic carbocycles. The number of nitrogens with zero attached hydrogens (tertiary/aromatic N) is 2. The Labute approximate surface area is 196 Å². The lowest BCUT2D eigenvalue weighted by molar-refractivity contribution is 0.324. The Morgan fingerprint density at radius 1 is 0.941 bits per heavy atom. The third-order valence-electron chi connectivity index (χ3n) is 5.90. The molecule has 1 aromatic carbocycles. The Hall–Kier alpha value is -3.86. The zero-order valence-corrected chi connectivity index (χ0v) is 19.6. The zero-order valence-electron chi connectivity index (χ0n) is 18.8. The Morgan fingerprint density at radius 2 is 1.65 bits per heavy atom. The maximum atomic E-state index is 13.9. The lowest BCUT2D eigenvalue weighted by Crippen LogP contribution is -2.29. The van der Waals surface area contributed by atoms with Crippen molar-refractivity contribution in [1.82, 2.24) is 19.5 Å². The summed E-state index contributed by atoms with van der Waals surface area (Å²) in [5, 5.41) is 0.525. The molecule has 0 aliphatic heterocycles. The molecule has 176 valence electrons. The summed E-state index contributed by atoms with van der Waals surface area (Å²) in [5.74, 6) is 1.40. The molecule has 0 fully saturated rings. The van der Waals surface area contributed by atoms with Crippen LogP contribution in [-0.2, 0) is 12.8 Å². The number of hydrogen-bond acceptors (Lipinski definition) is 8. The maximum absolute atomic E-state index is 13.9. The number of benzene rings is 1. The molecule has 10 nitrogen and oxygen atoms in total. The SMILES string of the molecule is COc1cc(-c2nc3sc4c(c3c(=O)n2-c2cc(=O)[nH]c(=O)[nH]2)CCCC4)cc(OC)c1OC. The zero-order chi connectivity index (χ0) is 24.0. The van der Waals surface area contributed by atoms with E-state index in [0.717, 1.165) is 42.2 Å². The van der Waals surface area contributed by atoms with Crippen LogP contribution in [0.2, 0.25) is 0 Å². The third kappa shape index (κ3) is 3.48. The summed E-state index contributed by atoms with van der Waals surface area (Å²) >= 11 is 1.51. The fraction of sp³-hybridized carbons (Fsp3) is 0.304. The molecular weight excluding hydrogens is 460 g/mol. The number of methoxy groups -OCH3 is 3. The molecule has 0 spiro atoms. The minimum absolute atomic E-state index is 0.0210. The number of aromatic amines is 2. The lowest BCUT2D eigenvalue weighted by Gasteiger charge is -2.17. The number of rotatable bonds is 5. The first-order valence-electron chi connectivity index (χ1n) is 10.7. The van der Waals surface area contributed by atoms with Crippen LogP contribution >= 0.6 is 11.3 Å². The van der Waals surface area contributed by atoms with Gasteiger partial charge < -0.3 is 14.2 Å². The number of hydrogen-bond donors (Lipinski definition) is 2. The van der Waals surface area contributed by atoms with Gasteiger partial charge in [0, 0.05) is 16.5 Å². The first kappa shape index (κ1) is 22.0. The standard InChI is InChI=1S/C23H22N4O6S/c1-31-13-8-11(9-14(32-2)19(13)33-3)20-26-21-18(12-6-4-5-7-15(12)34-21)22(29)27(20)16-10-17(28)25-23(30)24-16/h8-10H,4-7H2,1-3H3,(H2,24,25,28,30). The molecule has 0 radical (unpaired) electrons. The Bertz CT molecular complexity index is 1540. The molecule has 3 aromatic heterocycles. The van der Waals surface area contributed by atoms with Crippen molar-refractivity contribution in [3.05, 3.63) is 59.8 Å². The summed E-state index contributed by atoms with van der Waals surface area (Å²) in [6.45, 7) is 0. The number of aromatic nitrogens is 4. The lowest BCUT2D eigenvalue weighted by atomic mass is 9.97. The summed E-state index contributed by atoms with van der Waals surface area (Å²) in [6, 6.07) is 4.51. The second-order valence-corrected chi connectivity index (χ2v) is 8.94. The van der Waals surface area contributed by atoms with Crippen LogP contribution in [0.25, 0.3) is 27.4 Å². The predicted molar refractivity (Wildman–Crippen MR) is 128 cm³/mol. The summed E-state index contributed by atoms with van der Waals surface area (Å²) in [4.78, 5) is 49.4. The maximum Gasteiger partial charge on any atom is 0.327 e. The van der Waals surface area contributed by atoms with Crippen molar-refractivity contribution in [2.75, 3.05) is 21.3 Å². The molecule has 11 heteroatoms. The highest BCUT2D eigenvalue weighted by Gasteiger charge is 2.25. The smallest absolute Gasteiger partial charge is 0.327 e. The van der Waals surface area contributed by atoms with Crippen LogP contribution in [0.15, 0.2) is 32.6 Å². The molecule has 0 bridgehead atoms. The Kier molecular flexibility index (Phi) is 5.48. The summed E-state index contributed by atoms with van der Waals surface area (Å²) in [6.07, 6.45) is 3.75. The number of H-pyrrole nitrogens is 2. The number of nitrogens with one attached hydrogen (secondary N) is 2. The van der Waals surface area contributed by atoms with Crippen LogP contribution in [0.4, 0.5) is 0 Å². The van der Waals surface area contributed by atoms with Gasteiger partial charge in [-0.2, -0.15) is 0 Å². The van der Waals surface area contributed by atoms with Gasteiger partial charge in [0.25, 0.3) is 11.1 Å². The van der Waals surface area contributed by atoms with Gasteiger partial charge in [0.2, 0.25) is 5.75 Å². The number of fused-ring (bicyclic) bond motifs is 3. The van der Waals surface area contributed by atoms with E-state index in [1.54, 1.807) is 12.1 Å². The van der Waals surface area contributed by atoms with E-state index < -0.39 is 11.2 Å². The van der Waals surface area contributed by atoms with Gasteiger partial charge >= 0.3 is 5.69 Å². The largest absolute Gasteiger partial charge is 0.493 e. The summed E-state index contributed by atoms with van der Waals surface area (Å²) in [5.41, 5.74) is -0.219. The van der Waals surface area contributed by atoms with E-state index in [1.807, 2.05) is 0 Å². The Morgan fingerprint density at radius 3 is 2.29 bits per heavy atom. The normalized spacial score (nSPS) is 13.0. The van der Waals surface area contributed by atoms with E-state index in [-0.39, 0.29) is 17.2 Å². The summed E-state index contributed by atoms with van der Waals surface area (Å²) < 4.78 is 17.6. The molecule has 1 aliphatic rings. The van der Waals surface area contributed by atoms with Gasteiger partial charge in [-0.05, 0) is 43.4 Å². The topological polar surface area (TPSA) is 128 Å². The molecule has 0 saturated carbocycles. The van der Waals surface area contributed by atoms with Gasteiger partial charge in [-0.1, -0.05) is 0 Å². The van der Waals surface area contributed by atoms with Gasteiger partial charge in [-0.25, -0.2) is 14.3 Å². The van der Waals surface area contributed by atoms with Gasteiger partial charge in [0.05, 0.1) is 26.7 Å². The molecule has 0 saturated heterocycles. The second-order valence-electron chi connectivity index (χ2n) is 7.85. The average Bonchev–Trinajstić information content (AvgIpc) is 3.21. The van der Waals surface area contributed by atoms with E-state index in [9.17, 15) is 14.4 Å². The molecule has 0 atom stereocenters. The minimum Gasteiger partial charge on any atom is -0.493 e. The quantitative estimate of drug-likeness (QED) is 0.447. The van der Waals surface area contributed by atoms with E-state index in [2.05, 4.69) is 9.97 Å². The van der Waals surface area contributed by atoms with Gasteiger partial charge in [0.15, 0.2) is 17.3 Å². The monoisotopic (exact) mass is 482 g/mol. The summed E-state index contributed by atoms with van der Waals surface area (Å²) in [7, 11) is 4.48. The second kappa shape index (κ2) is 8.49. The predicted octanol–water partition coefficient (Wildman–Crippen LogP) is 2.40. The fourth-order valence-corrected chi connectivity index (χ4v) is 5.66. The molecule has 0 unspecified atom stereocenters. The van der Waals surface area contributed by atoms with Crippen molar-refractivity contribution in [2.45, 2.75) is 25.7 Å². The van der Waals surface area contributed by atoms with Gasteiger partial charge in [-0.15, -0.1) is 11.3 Å². The highest BCUT2D eigenvalue weighted by atomic mass is 32.1. The Balaban J connectivity index is 1.91. The molecule has 4 aromatic rings. The highest BCUT2D eigenvalue weighted by molar-refractivity contribution is 7.18. The molecule has 2 N–H and O–H groups in total. The molecule has 34 heavy (non-hydrogen) atoms. The van der Waals surface area contributed by atoms with Crippen LogP contribution in [0.1, 0.15) is 23.3 Å². The number of thiophene rings is 1. The molecule has 0 amide bonds. The van der Waals surface area contributed by atoms with Crippen molar-refractivity contribution in [2.24, 2.45) is 0 Å². The average molecular weight is 483 g/mol. The number of ether oxygens (including phenoxy) is 3.